The average Bonchev–Trinajstić information content (AvgIpc) is 2.93. The van der Waals surface area contributed by atoms with Crippen LogP contribution in [0.5, 0.6) is 0 Å². The van der Waals surface area contributed by atoms with Gasteiger partial charge in [0.25, 0.3) is 5.78 Å². The van der Waals surface area contributed by atoms with Crippen LogP contribution in [0.4, 0.5) is 18.4 Å². The number of carbonyl (C=O) groups is 3. The lowest BCUT2D eigenvalue weighted by atomic mass is 10.2. The monoisotopic (exact) mass is 392 g/mol. The van der Waals surface area contributed by atoms with Gasteiger partial charge in [0.05, 0.1) is 4.88 Å². The lowest BCUT2D eigenvalue weighted by molar-refractivity contribution is -0.127. The molecule has 1 heterocycles. The van der Waals surface area contributed by atoms with Crippen LogP contribution in [0.25, 0.3) is 0 Å². The van der Waals surface area contributed by atoms with Crippen LogP contribution >= 0.6 is 11.3 Å². The van der Waals surface area contributed by atoms with E-state index in [1.165, 1.54) is 59.1 Å². The van der Waals surface area contributed by atoms with Crippen molar-refractivity contribution in [2.75, 3.05) is 0 Å². The van der Waals surface area contributed by atoms with Gasteiger partial charge in [0, 0.05) is 0 Å². The second kappa shape index (κ2) is 7.56. The first kappa shape index (κ1) is 21.8. The maximum atomic E-state index is 14.7. The summed E-state index contributed by atoms with van der Waals surface area (Å²) < 4.78 is 39.1. The molecule has 10 heteroatoms. The quantitative estimate of drug-likeness (QED) is 0.473. The lowest BCUT2D eigenvalue weighted by Crippen LogP contribution is -2.60. The summed E-state index contributed by atoms with van der Waals surface area (Å²) in [5.74, 6) is -1.66. The molecule has 2 amide bonds. The minimum atomic E-state index is -4.38. The van der Waals surface area contributed by atoms with Crippen molar-refractivity contribution in [2.24, 2.45) is 0 Å². The molecule has 26 heavy (non-hydrogen) atoms. The fourth-order valence-electron chi connectivity index (χ4n) is 1.59. The Morgan fingerprint density at radius 1 is 1.04 bits per heavy atom. The Balaban J connectivity index is 3.15. The van der Waals surface area contributed by atoms with E-state index in [1.807, 2.05) is 0 Å². The SMILES string of the molecule is CC(C)(C)OC(=O)NN(C(=O)OC(C)(C)C)C(F)(F)C(=O)c1cccs1. The van der Waals surface area contributed by atoms with E-state index in [-0.39, 0.29) is 4.88 Å². The maximum Gasteiger partial charge on any atom is 0.434 e. The minimum Gasteiger partial charge on any atom is -0.443 e. The minimum absolute atomic E-state index is 0.283. The first-order valence-corrected chi connectivity index (χ1v) is 8.50. The number of nitrogens with one attached hydrogen (secondary N) is 1. The highest BCUT2D eigenvalue weighted by Crippen LogP contribution is 2.27. The molecule has 0 aliphatic heterocycles. The number of hydrogen-bond donors (Lipinski definition) is 1. The topological polar surface area (TPSA) is 84.9 Å². The highest BCUT2D eigenvalue weighted by Gasteiger charge is 2.52. The summed E-state index contributed by atoms with van der Waals surface area (Å²) in [6.45, 7) is 8.90. The molecule has 1 aromatic heterocycles. The summed E-state index contributed by atoms with van der Waals surface area (Å²) in [4.78, 5) is 35.9. The number of Topliss-reactive ketones (excluding diaryl/α,β-unsaturated/α-hetero) is 1. The lowest BCUT2D eigenvalue weighted by Gasteiger charge is -2.32. The molecule has 0 aliphatic carbocycles. The first-order valence-electron chi connectivity index (χ1n) is 7.62. The summed E-state index contributed by atoms with van der Waals surface area (Å²) in [7, 11) is 0. The molecule has 0 aliphatic rings. The van der Waals surface area contributed by atoms with Crippen LogP contribution in [-0.2, 0) is 9.47 Å². The summed E-state index contributed by atoms with van der Waals surface area (Å²) in [5, 5.41) is 0.983. The molecule has 146 valence electrons. The summed E-state index contributed by atoms with van der Waals surface area (Å²) in [6.07, 6.45) is -2.93. The van der Waals surface area contributed by atoms with Crippen molar-refractivity contribution in [1.82, 2.24) is 10.4 Å². The molecular weight excluding hydrogens is 370 g/mol. The van der Waals surface area contributed by atoms with Gasteiger partial charge in [-0.05, 0) is 53.0 Å². The van der Waals surface area contributed by atoms with E-state index < -0.39 is 40.2 Å². The Morgan fingerprint density at radius 3 is 2.00 bits per heavy atom. The number of amides is 2. The van der Waals surface area contributed by atoms with E-state index in [2.05, 4.69) is 0 Å². The molecule has 0 radical (unpaired) electrons. The van der Waals surface area contributed by atoms with Gasteiger partial charge >= 0.3 is 18.2 Å². The van der Waals surface area contributed by atoms with E-state index >= 15 is 0 Å². The number of nitrogens with zero attached hydrogens (tertiary/aromatic N) is 1. The molecule has 0 bridgehead atoms. The van der Waals surface area contributed by atoms with E-state index in [0.29, 0.717) is 0 Å². The van der Waals surface area contributed by atoms with Gasteiger partial charge in [-0.1, -0.05) is 6.07 Å². The zero-order valence-corrected chi connectivity index (χ0v) is 16.2. The van der Waals surface area contributed by atoms with Gasteiger partial charge in [-0.15, -0.1) is 16.3 Å². The number of hydrazine groups is 1. The fourth-order valence-corrected chi connectivity index (χ4v) is 2.28. The fraction of sp³-hybridized carbons (Fsp3) is 0.562. The van der Waals surface area contributed by atoms with Crippen molar-refractivity contribution in [3.63, 3.8) is 0 Å². The normalized spacial score (nSPS) is 12.3. The standard InChI is InChI=1S/C16H22F2N2O5S/c1-14(2,3)24-12(22)19-20(13(23)25-15(4,5)6)16(17,18)11(21)10-8-7-9-26-10/h7-9H,1-6H3,(H,19,22). The van der Waals surface area contributed by atoms with Crippen LogP contribution in [0.3, 0.4) is 0 Å². The van der Waals surface area contributed by atoms with Gasteiger partial charge in [-0.25, -0.2) is 15.0 Å². The number of ketones is 1. The molecule has 1 rings (SSSR count). The Hall–Kier alpha value is -2.23. The van der Waals surface area contributed by atoms with Gasteiger partial charge in [-0.2, -0.15) is 8.78 Å². The molecule has 0 unspecified atom stereocenters. The molecule has 0 atom stereocenters. The second-order valence-electron chi connectivity index (χ2n) is 7.28. The van der Waals surface area contributed by atoms with Crippen LogP contribution in [0, 0.1) is 0 Å². The van der Waals surface area contributed by atoms with E-state index in [9.17, 15) is 23.2 Å². The van der Waals surface area contributed by atoms with Crippen molar-refractivity contribution < 1.29 is 32.6 Å². The van der Waals surface area contributed by atoms with Crippen LogP contribution in [0.15, 0.2) is 17.5 Å². The van der Waals surface area contributed by atoms with Gasteiger partial charge < -0.3 is 9.47 Å². The van der Waals surface area contributed by atoms with Crippen LogP contribution in [0.1, 0.15) is 51.2 Å². The third-order valence-corrected chi connectivity index (χ3v) is 3.35. The number of thiophene rings is 1. The largest absolute Gasteiger partial charge is 0.443 e. The highest BCUT2D eigenvalue weighted by atomic mass is 32.1. The zero-order valence-electron chi connectivity index (χ0n) is 15.4. The summed E-state index contributed by atoms with van der Waals surface area (Å²) in [6, 6.07) is -1.79. The maximum absolute atomic E-state index is 14.7. The number of carbonyl (C=O) groups excluding carboxylic acids is 3. The van der Waals surface area contributed by atoms with Gasteiger partial charge in [0.15, 0.2) is 0 Å². The van der Waals surface area contributed by atoms with E-state index in [1.54, 1.807) is 5.43 Å². The molecule has 7 nitrogen and oxygen atoms in total. The average molecular weight is 392 g/mol. The number of hydrogen-bond acceptors (Lipinski definition) is 6. The van der Waals surface area contributed by atoms with Crippen molar-refractivity contribution in [2.45, 2.75) is 58.8 Å². The zero-order chi connectivity index (χ0) is 20.3. The molecule has 0 aromatic carbocycles. The Bertz CT molecular complexity index is 663. The molecule has 1 aromatic rings. The highest BCUT2D eigenvalue weighted by molar-refractivity contribution is 7.12. The van der Waals surface area contributed by atoms with Gasteiger partial charge in [-0.3, -0.25) is 4.79 Å². The van der Waals surface area contributed by atoms with E-state index in [0.717, 1.165) is 11.3 Å². The summed E-state index contributed by atoms with van der Waals surface area (Å²) >= 11 is 0.777. The molecule has 1 N–H and O–H groups in total. The van der Waals surface area contributed by atoms with E-state index in [4.69, 9.17) is 9.47 Å². The van der Waals surface area contributed by atoms with Crippen molar-refractivity contribution in [1.29, 1.82) is 0 Å². The van der Waals surface area contributed by atoms with Crippen LogP contribution in [-0.4, -0.2) is 40.2 Å². The van der Waals surface area contributed by atoms with Crippen molar-refractivity contribution >= 4 is 29.3 Å². The third kappa shape index (κ3) is 6.25. The number of halogens is 2. The van der Waals surface area contributed by atoms with Crippen molar-refractivity contribution in [3.8, 4) is 0 Å². The van der Waals surface area contributed by atoms with Crippen LogP contribution in [0.2, 0.25) is 0 Å². The van der Waals surface area contributed by atoms with Crippen LogP contribution < -0.4 is 5.43 Å². The van der Waals surface area contributed by atoms with Crippen molar-refractivity contribution in [3.05, 3.63) is 22.4 Å². The molecule has 0 saturated carbocycles. The Kier molecular flexibility index (Phi) is 6.35. The third-order valence-electron chi connectivity index (χ3n) is 2.48. The predicted octanol–water partition coefficient (Wildman–Crippen LogP) is 4.20. The number of ether oxygens (including phenoxy) is 2. The van der Waals surface area contributed by atoms with Gasteiger partial charge in [0.1, 0.15) is 11.2 Å². The Labute approximate surface area is 154 Å². The first-order chi connectivity index (χ1) is 11.6. The molecule has 0 saturated heterocycles. The molecule has 0 fully saturated rings. The second-order valence-corrected chi connectivity index (χ2v) is 8.22. The molecule has 0 spiro atoms. The predicted molar refractivity (Wildman–Crippen MR) is 91.0 cm³/mol. The smallest absolute Gasteiger partial charge is 0.434 e. The number of alkyl halides is 2. The Morgan fingerprint density at radius 2 is 1.58 bits per heavy atom. The van der Waals surface area contributed by atoms with Gasteiger partial charge in [0.2, 0.25) is 0 Å². The number of rotatable bonds is 3. The molecular formula is C16H22F2N2O5S. The summed E-state index contributed by atoms with van der Waals surface area (Å²) in [5.41, 5.74) is -0.525.